The average molecular weight is 286 g/mol. The van der Waals surface area contributed by atoms with Crippen molar-refractivity contribution in [3.05, 3.63) is 58.9 Å². The fraction of sp³-hybridized carbons (Fsp3) is 0.312. The second-order valence-electron chi connectivity index (χ2n) is 5.24. The fourth-order valence-corrected chi connectivity index (χ4v) is 3.43. The molecule has 0 fully saturated rings. The highest BCUT2D eigenvalue weighted by molar-refractivity contribution is 7.15. The molecule has 2 atom stereocenters. The highest BCUT2D eigenvalue weighted by Gasteiger charge is 2.18. The number of rotatable bonds is 4. The molecule has 0 aliphatic heterocycles. The minimum absolute atomic E-state index is 0.315. The molecule has 0 amide bonds. The van der Waals surface area contributed by atoms with Crippen molar-refractivity contribution < 1.29 is 5.11 Å². The molecule has 0 aliphatic rings. The van der Waals surface area contributed by atoms with Crippen LogP contribution in [-0.4, -0.2) is 14.5 Å². The molecule has 0 radical (unpaired) electrons. The van der Waals surface area contributed by atoms with E-state index >= 15 is 0 Å². The first-order valence-corrected chi connectivity index (χ1v) is 7.69. The molecule has 2 unspecified atom stereocenters. The molecule has 3 nitrogen and oxygen atoms in total. The van der Waals surface area contributed by atoms with Gasteiger partial charge in [-0.3, -0.25) is 4.40 Å². The Balaban J connectivity index is 1.82. The molecule has 1 N–H and O–H groups in total. The highest BCUT2D eigenvalue weighted by Crippen LogP contribution is 2.29. The van der Waals surface area contributed by atoms with Crippen molar-refractivity contribution in [1.82, 2.24) is 9.38 Å². The number of aliphatic hydroxyl groups is 1. The van der Waals surface area contributed by atoms with Crippen LogP contribution >= 0.6 is 11.3 Å². The van der Waals surface area contributed by atoms with E-state index in [-0.39, 0.29) is 0 Å². The van der Waals surface area contributed by atoms with Crippen molar-refractivity contribution >= 4 is 16.3 Å². The maximum absolute atomic E-state index is 10.5. The van der Waals surface area contributed by atoms with Crippen molar-refractivity contribution in [2.75, 3.05) is 0 Å². The van der Waals surface area contributed by atoms with Crippen molar-refractivity contribution in [3.8, 4) is 0 Å². The number of benzene rings is 1. The third kappa shape index (κ3) is 2.37. The maximum Gasteiger partial charge on any atom is 0.194 e. The summed E-state index contributed by atoms with van der Waals surface area (Å²) < 4.78 is 2.05. The number of aryl methyl sites for hydroxylation is 1. The summed E-state index contributed by atoms with van der Waals surface area (Å²) in [6, 6.07) is 10.3. The SMILES string of the molecule is Cc1csc2ncc(C(O)CC(C)c3ccccc3)n12. The van der Waals surface area contributed by atoms with Crippen LogP contribution in [0.4, 0.5) is 0 Å². The lowest BCUT2D eigenvalue weighted by atomic mass is 9.94. The summed E-state index contributed by atoms with van der Waals surface area (Å²) in [7, 11) is 0. The predicted octanol–water partition coefficient (Wildman–Crippen LogP) is 3.93. The molecule has 2 aromatic heterocycles. The number of fused-ring (bicyclic) bond motifs is 1. The minimum Gasteiger partial charge on any atom is -0.387 e. The molecule has 0 bridgehead atoms. The van der Waals surface area contributed by atoms with Gasteiger partial charge < -0.3 is 5.11 Å². The summed E-state index contributed by atoms with van der Waals surface area (Å²) in [4.78, 5) is 5.31. The summed E-state index contributed by atoms with van der Waals surface area (Å²) >= 11 is 1.61. The van der Waals surface area contributed by atoms with E-state index in [2.05, 4.69) is 29.4 Å². The number of imidazole rings is 1. The van der Waals surface area contributed by atoms with E-state index in [9.17, 15) is 5.11 Å². The standard InChI is InChI=1S/C16H18N2OS/c1-11(13-6-4-3-5-7-13)8-15(19)14-9-17-16-18(14)12(2)10-20-16/h3-7,9-11,15,19H,8H2,1-2H3. The first-order chi connectivity index (χ1) is 9.66. The molecule has 104 valence electrons. The van der Waals surface area contributed by atoms with E-state index in [0.29, 0.717) is 12.3 Å². The van der Waals surface area contributed by atoms with Gasteiger partial charge in [0, 0.05) is 11.1 Å². The van der Waals surface area contributed by atoms with Gasteiger partial charge in [-0.2, -0.15) is 0 Å². The van der Waals surface area contributed by atoms with Crippen molar-refractivity contribution in [2.24, 2.45) is 0 Å². The van der Waals surface area contributed by atoms with Crippen LogP contribution in [0.25, 0.3) is 4.96 Å². The van der Waals surface area contributed by atoms with Gasteiger partial charge in [-0.05, 0) is 24.8 Å². The molecule has 0 aliphatic carbocycles. The van der Waals surface area contributed by atoms with Crippen molar-refractivity contribution in [1.29, 1.82) is 0 Å². The highest BCUT2D eigenvalue weighted by atomic mass is 32.1. The van der Waals surface area contributed by atoms with E-state index < -0.39 is 6.10 Å². The van der Waals surface area contributed by atoms with Crippen LogP contribution in [0.1, 0.15) is 42.3 Å². The van der Waals surface area contributed by atoms with Crippen LogP contribution in [0.5, 0.6) is 0 Å². The van der Waals surface area contributed by atoms with Gasteiger partial charge >= 0.3 is 0 Å². The zero-order valence-corrected chi connectivity index (χ0v) is 12.5. The number of thiazole rings is 1. The molecular formula is C16H18N2OS. The largest absolute Gasteiger partial charge is 0.387 e. The first kappa shape index (κ1) is 13.3. The van der Waals surface area contributed by atoms with Gasteiger partial charge in [0.25, 0.3) is 0 Å². The lowest BCUT2D eigenvalue weighted by molar-refractivity contribution is 0.154. The second-order valence-corrected chi connectivity index (χ2v) is 6.08. The van der Waals surface area contributed by atoms with Crippen LogP contribution in [0.3, 0.4) is 0 Å². The summed E-state index contributed by atoms with van der Waals surface area (Å²) in [6.07, 6.45) is 2.00. The number of hydrogen-bond donors (Lipinski definition) is 1. The van der Waals surface area contributed by atoms with Gasteiger partial charge in [0.2, 0.25) is 0 Å². The minimum atomic E-state index is -0.492. The molecule has 3 aromatic rings. The Bertz CT molecular complexity index is 702. The van der Waals surface area contributed by atoms with Gasteiger partial charge in [0.15, 0.2) is 4.96 Å². The Morgan fingerprint density at radius 2 is 2.05 bits per heavy atom. The van der Waals surface area contributed by atoms with Crippen LogP contribution in [-0.2, 0) is 0 Å². The van der Waals surface area contributed by atoms with Gasteiger partial charge in [0.1, 0.15) is 0 Å². The molecule has 0 saturated heterocycles. The molecule has 2 heterocycles. The van der Waals surface area contributed by atoms with Gasteiger partial charge in [-0.25, -0.2) is 4.98 Å². The summed E-state index contributed by atoms with van der Waals surface area (Å²) in [6.45, 7) is 4.19. The summed E-state index contributed by atoms with van der Waals surface area (Å²) in [5.74, 6) is 0.315. The smallest absolute Gasteiger partial charge is 0.194 e. The zero-order chi connectivity index (χ0) is 14.1. The van der Waals surface area contributed by atoms with Crippen LogP contribution < -0.4 is 0 Å². The van der Waals surface area contributed by atoms with Crippen LogP contribution in [0.15, 0.2) is 41.9 Å². The summed E-state index contributed by atoms with van der Waals surface area (Å²) in [5, 5.41) is 12.6. The number of hydrogen-bond acceptors (Lipinski definition) is 3. The van der Waals surface area contributed by atoms with E-state index in [1.54, 1.807) is 17.5 Å². The maximum atomic E-state index is 10.5. The number of aliphatic hydroxyl groups excluding tert-OH is 1. The zero-order valence-electron chi connectivity index (χ0n) is 11.7. The normalized spacial score (nSPS) is 14.6. The third-order valence-corrected chi connectivity index (χ3v) is 4.69. The molecule has 3 rings (SSSR count). The third-order valence-electron chi connectivity index (χ3n) is 3.73. The fourth-order valence-electron chi connectivity index (χ4n) is 2.58. The Kier molecular flexibility index (Phi) is 3.59. The topological polar surface area (TPSA) is 37.5 Å². The van der Waals surface area contributed by atoms with Gasteiger partial charge in [-0.15, -0.1) is 11.3 Å². The Morgan fingerprint density at radius 1 is 1.30 bits per heavy atom. The first-order valence-electron chi connectivity index (χ1n) is 6.81. The average Bonchev–Trinajstić information content (AvgIpc) is 3.03. The van der Waals surface area contributed by atoms with E-state index in [1.165, 1.54) is 5.56 Å². The van der Waals surface area contributed by atoms with E-state index in [4.69, 9.17) is 0 Å². The van der Waals surface area contributed by atoms with Gasteiger partial charge in [0.05, 0.1) is 18.0 Å². The lowest BCUT2D eigenvalue weighted by Crippen LogP contribution is -2.06. The quantitative estimate of drug-likeness (QED) is 0.789. The number of nitrogens with zero attached hydrogens (tertiary/aromatic N) is 2. The van der Waals surface area contributed by atoms with E-state index in [0.717, 1.165) is 16.3 Å². The van der Waals surface area contributed by atoms with Crippen molar-refractivity contribution in [3.63, 3.8) is 0 Å². The van der Waals surface area contributed by atoms with Crippen LogP contribution in [0, 0.1) is 6.92 Å². The Morgan fingerprint density at radius 3 is 2.80 bits per heavy atom. The lowest BCUT2D eigenvalue weighted by Gasteiger charge is -2.16. The van der Waals surface area contributed by atoms with Crippen LogP contribution in [0.2, 0.25) is 0 Å². The van der Waals surface area contributed by atoms with Gasteiger partial charge in [-0.1, -0.05) is 37.3 Å². The predicted molar refractivity (Wildman–Crippen MR) is 82.2 cm³/mol. The Labute approximate surface area is 122 Å². The molecule has 0 saturated carbocycles. The molecule has 4 heteroatoms. The summed E-state index contributed by atoms with van der Waals surface area (Å²) in [5.41, 5.74) is 3.28. The molecule has 0 spiro atoms. The molecular weight excluding hydrogens is 268 g/mol. The molecule has 1 aromatic carbocycles. The van der Waals surface area contributed by atoms with E-state index in [1.807, 2.05) is 29.5 Å². The monoisotopic (exact) mass is 286 g/mol. The number of aromatic nitrogens is 2. The molecule has 20 heavy (non-hydrogen) atoms. The van der Waals surface area contributed by atoms with Crippen molar-refractivity contribution in [2.45, 2.75) is 32.3 Å². The second kappa shape index (κ2) is 5.38. The Hall–Kier alpha value is -1.65.